The van der Waals surface area contributed by atoms with Gasteiger partial charge in [-0.3, -0.25) is 4.72 Å². The fraction of sp³-hybridized carbons (Fsp3) is 0.200. The third kappa shape index (κ3) is 5.16. The summed E-state index contributed by atoms with van der Waals surface area (Å²) in [6.45, 7) is 8.45. The number of allylic oxidation sites excluding steroid dienone is 4. The lowest BCUT2D eigenvalue weighted by atomic mass is 9.67. The molecule has 3 rings (SSSR count). The minimum absolute atomic E-state index is 0.226. The number of halogens is 4. The van der Waals surface area contributed by atoms with Crippen molar-refractivity contribution in [1.29, 1.82) is 0 Å². The topological polar surface area (TPSA) is 24.1 Å². The molecule has 2 aromatic carbocycles. The molecular formula is C25H24F4N2S. The fourth-order valence-corrected chi connectivity index (χ4v) is 4.10. The molecule has 0 spiro atoms. The summed E-state index contributed by atoms with van der Waals surface area (Å²) in [7, 11) is 0. The lowest BCUT2D eigenvalue weighted by Crippen LogP contribution is -2.30. The third-order valence-electron chi connectivity index (χ3n) is 5.64. The molecule has 0 fully saturated rings. The van der Waals surface area contributed by atoms with Crippen molar-refractivity contribution in [2.75, 3.05) is 11.9 Å². The van der Waals surface area contributed by atoms with E-state index in [1.165, 1.54) is 12.1 Å². The predicted octanol–water partition coefficient (Wildman–Crippen LogP) is 6.66. The van der Waals surface area contributed by atoms with Crippen LogP contribution in [0.25, 0.3) is 0 Å². The van der Waals surface area contributed by atoms with Crippen molar-refractivity contribution in [3.63, 3.8) is 0 Å². The average molecular weight is 461 g/mol. The molecular weight excluding hydrogens is 436 g/mol. The van der Waals surface area contributed by atoms with Crippen molar-refractivity contribution in [1.82, 2.24) is 4.72 Å². The first-order valence-corrected chi connectivity index (χ1v) is 10.5. The van der Waals surface area contributed by atoms with E-state index in [4.69, 9.17) is 0 Å². The quantitative estimate of drug-likeness (QED) is 0.169. The van der Waals surface area contributed by atoms with Crippen LogP contribution in [-0.2, 0) is 6.42 Å². The fourth-order valence-electron chi connectivity index (χ4n) is 3.98. The van der Waals surface area contributed by atoms with Crippen molar-refractivity contribution in [3.8, 4) is 0 Å². The van der Waals surface area contributed by atoms with E-state index in [-0.39, 0.29) is 12.2 Å². The minimum Gasteiger partial charge on any atom is -0.355 e. The van der Waals surface area contributed by atoms with Crippen molar-refractivity contribution < 1.29 is 17.6 Å². The minimum atomic E-state index is -1.49. The number of benzene rings is 2. The molecule has 0 bridgehead atoms. The number of thiol groups is 1. The molecule has 7 heteroatoms. The molecule has 2 aromatic rings. The first kappa shape index (κ1) is 23.9. The Labute approximate surface area is 191 Å². The summed E-state index contributed by atoms with van der Waals surface area (Å²) in [5.74, 6) is -4.28. The van der Waals surface area contributed by atoms with E-state index < -0.39 is 22.9 Å². The van der Waals surface area contributed by atoms with Gasteiger partial charge in [0.1, 0.15) is 5.82 Å². The maximum atomic E-state index is 13.9. The number of rotatable bonds is 9. The van der Waals surface area contributed by atoms with Gasteiger partial charge in [0.05, 0.1) is 0 Å². The molecule has 0 saturated carbocycles. The van der Waals surface area contributed by atoms with Crippen LogP contribution < -0.4 is 10.0 Å². The van der Waals surface area contributed by atoms with E-state index in [1.807, 2.05) is 6.08 Å². The average Bonchev–Trinajstić information content (AvgIpc) is 2.78. The van der Waals surface area contributed by atoms with Crippen LogP contribution in [-0.4, -0.2) is 6.54 Å². The standard InChI is InChI=1S/C25H24F4N2S/c1-3-17-15-25(4-2,14-16-11-21(27)24(29)22(28)12-16)18(9-10-30-32)13-23(17)31-20-7-5-19(26)6-8-20/h3-8,11-13,30-32H,1-2,9-10,14-15H2. The van der Waals surface area contributed by atoms with Crippen LogP contribution in [0.1, 0.15) is 18.4 Å². The Morgan fingerprint density at radius 2 is 1.69 bits per heavy atom. The van der Waals surface area contributed by atoms with Gasteiger partial charge in [0.15, 0.2) is 17.5 Å². The highest BCUT2D eigenvalue weighted by atomic mass is 32.1. The van der Waals surface area contributed by atoms with Crippen LogP contribution >= 0.6 is 12.8 Å². The Balaban J connectivity index is 2.02. The smallest absolute Gasteiger partial charge is 0.194 e. The molecule has 0 aliphatic heterocycles. The zero-order valence-electron chi connectivity index (χ0n) is 17.4. The highest BCUT2D eigenvalue weighted by molar-refractivity contribution is 7.78. The number of nitrogens with one attached hydrogen (secondary N) is 2. The van der Waals surface area contributed by atoms with Gasteiger partial charge in [0.2, 0.25) is 0 Å². The molecule has 0 radical (unpaired) electrons. The van der Waals surface area contributed by atoms with Gasteiger partial charge >= 0.3 is 0 Å². The molecule has 0 saturated heterocycles. The van der Waals surface area contributed by atoms with Gasteiger partial charge in [-0.1, -0.05) is 37.1 Å². The summed E-state index contributed by atoms with van der Waals surface area (Å²) in [6.07, 6.45) is 6.69. The molecule has 1 aliphatic carbocycles. The maximum absolute atomic E-state index is 13.9. The molecule has 2 nitrogen and oxygen atoms in total. The summed E-state index contributed by atoms with van der Waals surface area (Å²) in [5.41, 5.74) is 2.96. The van der Waals surface area contributed by atoms with Gasteiger partial charge in [-0.15, -0.1) is 6.58 Å². The summed E-state index contributed by atoms with van der Waals surface area (Å²) >= 11 is 4.07. The van der Waals surface area contributed by atoms with E-state index in [0.717, 1.165) is 29.0 Å². The number of hydrogen-bond donors (Lipinski definition) is 3. The zero-order chi connectivity index (χ0) is 23.3. The van der Waals surface area contributed by atoms with Gasteiger partial charge < -0.3 is 5.32 Å². The molecule has 0 amide bonds. The summed E-state index contributed by atoms with van der Waals surface area (Å²) in [6, 6.07) is 8.01. The van der Waals surface area contributed by atoms with E-state index in [0.29, 0.717) is 30.6 Å². The Bertz CT molecular complexity index is 1050. The second-order valence-electron chi connectivity index (χ2n) is 7.69. The van der Waals surface area contributed by atoms with Gasteiger partial charge in [-0.2, -0.15) is 0 Å². The Hall–Kier alpha value is -2.77. The summed E-state index contributed by atoms with van der Waals surface area (Å²) in [4.78, 5) is 0. The van der Waals surface area contributed by atoms with Crippen LogP contribution in [0.3, 0.4) is 0 Å². The molecule has 1 unspecified atom stereocenters. The van der Waals surface area contributed by atoms with Crippen LogP contribution in [0.2, 0.25) is 0 Å². The Morgan fingerprint density at radius 1 is 1.03 bits per heavy atom. The highest BCUT2D eigenvalue weighted by Crippen LogP contribution is 2.46. The van der Waals surface area contributed by atoms with Crippen LogP contribution in [0.15, 0.2) is 84.6 Å². The monoisotopic (exact) mass is 460 g/mol. The molecule has 1 atom stereocenters. The van der Waals surface area contributed by atoms with Crippen molar-refractivity contribution in [2.45, 2.75) is 19.3 Å². The van der Waals surface area contributed by atoms with E-state index in [1.54, 1.807) is 24.3 Å². The Kier molecular flexibility index (Phi) is 7.64. The number of hydrogen-bond acceptors (Lipinski definition) is 3. The van der Waals surface area contributed by atoms with Gasteiger partial charge in [0.25, 0.3) is 0 Å². The normalized spacial score (nSPS) is 18.3. The van der Waals surface area contributed by atoms with E-state index in [9.17, 15) is 17.6 Å². The van der Waals surface area contributed by atoms with E-state index in [2.05, 4.69) is 36.0 Å². The van der Waals surface area contributed by atoms with Gasteiger partial charge in [-0.25, -0.2) is 17.6 Å². The van der Waals surface area contributed by atoms with Crippen LogP contribution in [0, 0.1) is 28.7 Å². The second-order valence-corrected chi connectivity index (χ2v) is 8.01. The molecule has 0 aromatic heterocycles. The van der Waals surface area contributed by atoms with Crippen LogP contribution in [0.4, 0.5) is 23.2 Å². The molecule has 1 aliphatic rings. The lowest BCUT2D eigenvalue weighted by Gasteiger charge is -2.38. The lowest BCUT2D eigenvalue weighted by molar-refractivity contribution is 0.418. The van der Waals surface area contributed by atoms with Crippen molar-refractivity contribution in [2.24, 2.45) is 5.41 Å². The molecule has 168 valence electrons. The number of anilines is 1. The maximum Gasteiger partial charge on any atom is 0.194 e. The van der Waals surface area contributed by atoms with Crippen molar-refractivity contribution in [3.05, 3.63) is 113 Å². The second kappa shape index (κ2) is 10.2. The largest absolute Gasteiger partial charge is 0.355 e. The van der Waals surface area contributed by atoms with Gasteiger partial charge in [0, 0.05) is 23.3 Å². The van der Waals surface area contributed by atoms with Crippen molar-refractivity contribution >= 4 is 18.5 Å². The zero-order valence-corrected chi connectivity index (χ0v) is 18.3. The van der Waals surface area contributed by atoms with E-state index >= 15 is 0 Å². The van der Waals surface area contributed by atoms with Crippen LogP contribution in [0.5, 0.6) is 0 Å². The molecule has 2 N–H and O–H groups in total. The highest BCUT2D eigenvalue weighted by Gasteiger charge is 2.36. The molecule has 0 heterocycles. The summed E-state index contributed by atoms with van der Waals surface area (Å²) in [5, 5.41) is 3.29. The Morgan fingerprint density at radius 3 is 2.25 bits per heavy atom. The van der Waals surface area contributed by atoms with Gasteiger partial charge in [-0.05, 0) is 72.9 Å². The first-order chi connectivity index (χ1) is 15.3. The third-order valence-corrected chi connectivity index (χ3v) is 5.86. The summed E-state index contributed by atoms with van der Waals surface area (Å²) < 4.78 is 57.3. The first-order valence-electron chi connectivity index (χ1n) is 10.0. The SMILES string of the molecule is C=CC1=C(Nc2ccc(F)cc2)C=C(CCNS)C(C=C)(Cc2cc(F)c(F)c(F)c2)C1. The predicted molar refractivity (Wildman–Crippen MR) is 124 cm³/mol. The molecule has 32 heavy (non-hydrogen) atoms.